The van der Waals surface area contributed by atoms with Crippen LogP contribution in [0.4, 0.5) is 5.69 Å². The molecule has 3 amide bonds. The quantitative estimate of drug-likeness (QED) is 0.207. The van der Waals surface area contributed by atoms with Crippen molar-refractivity contribution in [2.75, 3.05) is 0 Å². The third-order valence-electron chi connectivity index (χ3n) is 5.64. The zero-order valence-electron chi connectivity index (χ0n) is 18.4. The number of nitro groups is 1. The number of carbonyl (C=O) groups is 4. The van der Waals surface area contributed by atoms with Crippen molar-refractivity contribution >= 4 is 40.8 Å². The van der Waals surface area contributed by atoms with Crippen molar-refractivity contribution < 1.29 is 24.1 Å². The Balaban J connectivity index is 1.89. The lowest BCUT2D eigenvalue weighted by molar-refractivity contribution is -0.385. The summed E-state index contributed by atoms with van der Waals surface area (Å²) >= 11 is 6.23. The number of benzene rings is 3. The van der Waals surface area contributed by atoms with Gasteiger partial charge < -0.3 is 0 Å². The fraction of sp³-hybridized carbons (Fsp3) is 0.120. The van der Waals surface area contributed by atoms with Crippen LogP contribution >= 0.6 is 11.6 Å². The van der Waals surface area contributed by atoms with E-state index >= 15 is 0 Å². The number of Topliss-reactive ketones (excluding diaryl/α,β-unsaturated/α-hetero) is 1. The highest BCUT2D eigenvalue weighted by atomic mass is 35.5. The van der Waals surface area contributed by atoms with Gasteiger partial charge in [-0.2, -0.15) is 5.01 Å². The van der Waals surface area contributed by atoms with E-state index in [9.17, 15) is 29.3 Å². The topological polar surface area (TPSA) is 118 Å². The summed E-state index contributed by atoms with van der Waals surface area (Å²) in [6, 6.07) is 16.5. The molecule has 10 heteroatoms. The molecule has 0 saturated carbocycles. The number of hydrogen-bond donors (Lipinski definition) is 0. The summed E-state index contributed by atoms with van der Waals surface area (Å²) in [4.78, 5) is 64.8. The zero-order chi connectivity index (χ0) is 25.3. The Hall–Kier alpha value is -4.37. The Morgan fingerprint density at radius 1 is 0.971 bits per heavy atom. The van der Waals surface area contributed by atoms with E-state index in [2.05, 4.69) is 0 Å². The van der Waals surface area contributed by atoms with Crippen LogP contribution in [0, 0.1) is 10.1 Å². The van der Waals surface area contributed by atoms with Gasteiger partial charge in [0.15, 0.2) is 5.78 Å². The Bertz CT molecular complexity index is 1370. The summed E-state index contributed by atoms with van der Waals surface area (Å²) < 4.78 is 0. The maximum Gasteiger partial charge on any atom is 0.287 e. The highest BCUT2D eigenvalue weighted by molar-refractivity contribution is 6.34. The summed E-state index contributed by atoms with van der Waals surface area (Å²) in [6.07, 6.45) is 0.0411. The third kappa shape index (κ3) is 4.06. The molecule has 0 unspecified atom stereocenters. The SMILES string of the molecule is CC[C@@H](C(=O)c1ccccc1)N(C(=O)c1ccccc1Cl)N1C(=O)c2cccc([N+](=O)[O-])c2C1=O. The number of nitrogens with zero attached hydrogens (tertiary/aromatic N) is 3. The van der Waals surface area contributed by atoms with Crippen molar-refractivity contribution in [3.05, 3.63) is 110 Å². The van der Waals surface area contributed by atoms with E-state index in [1.54, 1.807) is 49.4 Å². The van der Waals surface area contributed by atoms with Gasteiger partial charge in [0.1, 0.15) is 11.6 Å². The second kappa shape index (κ2) is 9.47. The fourth-order valence-corrected chi connectivity index (χ4v) is 4.21. The average molecular weight is 492 g/mol. The van der Waals surface area contributed by atoms with Crippen molar-refractivity contribution in [3.8, 4) is 0 Å². The van der Waals surface area contributed by atoms with E-state index in [0.29, 0.717) is 5.01 Å². The van der Waals surface area contributed by atoms with Crippen molar-refractivity contribution in [1.82, 2.24) is 10.0 Å². The highest BCUT2D eigenvalue weighted by Gasteiger charge is 2.48. The van der Waals surface area contributed by atoms with Crippen LogP contribution in [0.25, 0.3) is 0 Å². The highest BCUT2D eigenvalue weighted by Crippen LogP contribution is 2.34. The minimum Gasteiger partial charge on any atom is -0.292 e. The molecule has 1 aliphatic heterocycles. The number of hydrazine groups is 1. The van der Waals surface area contributed by atoms with Gasteiger partial charge in [-0.15, -0.1) is 0 Å². The molecule has 0 N–H and O–H groups in total. The molecule has 0 bridgehead atoms. The van der Waals surface area contributed by atoms with Gasteiger partial charge in [0.2, 0.25) is 0 Å². The summed E-state index contributed by atoms with van der Waals surface area (Å²) in [5, 5.41) is 12.9. The molecule has 3 aromatic carbocycles. The molecule has 1 heterocycles. The molecular weight excluding hydrogens is 474 g/mol. The number of halogens is 1. The smallest absolute Gasteiger partial charge is 0.287 e. The molecule has 9 nitrogen and oxygen atoms in total. The standard InChI is InChI=1S/C25H18ClN3O6/c1-2-19(22(30)15-9-4-3-5-10-15)27(23(31)16-11-6-7-13-18(16)26)28-24(32)17-12-8-14-20(29(34)35)21(17)25(28)33/h3-14,19H,2H2,1H3/t19-/m0/s1. The molecule has 35 heavy (non-hydrogen) atoms. The maximum absolute atomic E-state index is 13.8. The number of carbonyl (C=O) groups excluding carboxylic acids is 4. The molecule has 0 saturated heterocycles. The molecule has 0 fully saturated rings. The second-order valence-electron chi connectivity index (χ2n) is 7.66. The summed E-state index contributed by atoms with van der Waals surface area (Å²) in [6.45, 7) is 1.62. The second-order valence-corrected chi connectivity index (χ2v) is 8.07. The maximum atomic E-state index is 13.8. The third-order valence-corrected chi connectivity index (χ3v) is 5.97. The van der Waals surface area contributed by atoms with Gasteiger partial charge in [0.05, 0.1) is 21.1 Å². The van der Waals surface area contributed by atoms with Gasteiger partial charge in [-0.05, 0) is 24.6 Å². The van der Waals surface area contributed by atoms with Crippen LogP contribution in [-0.4, -0.2) is 44.5 Å². The Morgan fingerprint density at radius 2 is 1.63 bits per heavy atom. The molecule has 4 rings (SSSR count). The summed E-state index contributed by atoms with van der Waals surface area (Å²) in [5.41, 5.74) is -1.03. The number of imide groups is 1. The lowest BCUT2D eigenvalue weighted by atomic mass is 10.0. The first kappa shape index (κ1) is 23.8. The number of amides is 3. The van der Waals surface area contributed by atoms with Crippen LogP contribution in [0.15, 0.2) is 72.8 Å². The van der Waals surface area contributed by atoms with E-state index in [1.165, 1.54) is 24.3 Å². The van der Waals surface area contributed by atoms with E-state index in [1.807, 2.05) is 0 Å². The molecule has 1 atom stereocenters. The van der Waals surface area contributed by atoms with Crippen LogP contribution in [0.2, 0.25) is 5.02 Å². The fourth-order valence-electron chi connectivity index (χ4n) is 4.00. The van der Waals surface area contributed by atoms with E-state index < -0.39 is 45.7 Å². The molecular formula is C25H18ClN3O6. The average Bonchev–Trinajstić information content (AvgIpc) is 3.12. The Morgan fingerprint density at radius 3 is 2.26 bits per heavy atom. The number of hydrogen-bond acceptors (Lipinski definition) is 6. The molecule has 0 radical (unpaired) electrons. The Labute approximate surface area is 204 Å². The predicted molar refractivity (Wildman–Crippen MR) is 126 cm³/mol. The van der Waals surface area contributed by atoms with Gasteiger partial charge in [0.25, 0.3) is 23.4 Å². The molecule has 176 valence electrons. The van der Waals surface area contributed by atoms with E-state index in [-0.39, 0.29) is 28.1 Å². The number of rotatable bonds is 7. The minimum absolute atomic E-state index is 0.0411. The monoisotopic (exact) mass is 491 g/mol. The van der Waals surface area contributed by atoms with Crippen molar-refractivity contribution in [2.45, 2.75) is 19.4 Å². The number of nitro benzene ring substituents is 1. The van der Waals surface area contributed by atoms with Crippen LogP contribution in [-0.2, 0) is 0 Å². The normalized spacial score (nSPS) is 13.4. The van der Waals surface area contributed by atoms with Gasteiger partial charge in [0, 0.05) is 11.6 Å². The van der Waals surface area contributed by atoms with Crippen molar-refractivity contribution in [3.63, 3.8) is 0 Å². The first-order valence-corrected chi connectivity index (χ1v) is 11.0. The molecule has 1 aliphatic rings. The van der Waals surface area contributed by atoms with Gasteiger partial charge in [-0.25, -0.2) is 5.01 Å². The number of ketones is 1. The summed E-state index contributed by atoms with van der Waals surface area (Å²) in [5.74, 6) is -3.41. The van der Waals surface area contributed by atoms with E-state index in [0.717, 1.165) is 11.1 Å². The lowest BCUT2D eigenvalue weighted by Crippen LogP contribution is -2.57. The first-order valence-electron chi connectivity index (χ1n) is 10.6. The van der Waals surface area contributed by atoms with Crippen LogP contribution in [0.5, 0.6) is 0 Å². The van der Waals surface area contributed by atoms with E-state index in [4.69, 9.17) is 11.6 Å². The van der Waals surface area contributed by atoms with Gasteiger partial charge in [-0.1, -0.05) is 67.1 Å². The molecule has 0 aromatic heterocycles. The molecule has 0 aliphatic carbocycles. The van der Waals surface area contributed by atoms with Crippen LogP contribution in [0.1, 0.15) is 54.8 Å². The molecule has 3 aromatic rings. The molecule has 0 spiro atoms. The Kier molecular flexibility index (Phi) is 6.44. The lowest BCUT2D eigenvalue weighted by Gasteiger charge is -2.35. The largest absolute Gasteiger partial charge is 0.292 e. The zero-order valence-corrected chi connectivity index (χ0v) is 19.1. The predicted octanol–water partition coefficient (Wildman–Crippen LogP) is 4.56. The van der Waals surface area contributed by atoms with Crippen molar-refractivity contribution in [1.29, 1.82) is 0 Å². The van der Waals surface area contributed by atoms with Gasteiger partial charge >= 0.3 is 0 Å². The van der Waals surface area contributed by atoms with Crippen molar-refractivity contribution in [2.24, 2.45) is 0 Å². The summed E-state index contributed by atoms with van der Waals surface area (Å²) in [7, 11) is 0. The minimum atomic E-state index is -1.28. The van der Waals surface area contributed by atoms with Crippen LogP contribution < -0.4 is 0 Å². The van der Waals surface area contributed by atoms with Crippen LogP contribution in [0.3, 0.4) is 0 Å². The van der Waals surface area contributed by atoms with Gasteiger partial charge in [-0.3, -0.25) is 29.3 Å². The first-order chi connectivity index (χ1) is 16.8. The number of fused-ring (bicyclic) bond motifs is 1.